The molecule has 0 bridgehead atoms. The van der Waals surface area contributed by atoms with E-state index in [2.05, 4.69) is 0 Å². The van der Waals surface area contributed by atoms with Crippen LogP contribution in [0.1, 0.15) is 12.8 Å². The van der Waals surface area contributed by atoms with E-state index in [1.165, 1.54) is 0 Å². The van der Waals surface area contributed by atoms with Gasteiger partial charge in [-0.3, -0.25) is 0 Å². The van der Waals surface area contributed by atoms with Gasteiger partial charge in [-0.2, -0.15) is 0 Å². The highest BCUT2D eigenvalue weighted by Crippen LogP contribution is 2.42. The Bertz CT molecular complexity index is 258. The first kappa shape index (κ1) is 10.9. The molecule has 1 aliphatic rings. The molecular weight excluding hydrogens is 194 g/mol. The van der Waals surface area contributed by atoms with Crippen molar-refractivity contribution in [1.29, 1.82) is 0 Å². The van der Waals surface area contributed by atoms with Crippen LogP contribution in [0.3, 0.4) is 0 Å². The van der Waals surface area contributed by atoms with Crippen molar-refractivity contribution >= 4 is 10.0 Å². The van der Waals surface area contributed by atoms with Crippen molar-refractivity contribution in [2.75, 3.05) is 26.9 Å². The third-order valence-corrected chi connectivity index (χ3v) is 3.94. The van der Waals surface area contributed by atoms with E-state index in [1.807, 2.05) is 0 Å². The maximum Gasteiger partial charge on any atom is 0.217 e. The zero-order valence-electron chi connectivity index (χ0n) is 7.65. The monoisotopic (exact) mass is 209 g/mol. The van der Waals surface area contributed by atoms with E-state index in [4.69, 9.17) is 14.6 Å². The van der Waals surface area contributed by atoms with Crippen LogP contribution in [0.2, 0.25) is 0 Å². The molecule has 0 radical (unpaired) electrons. The first-order valence-electron chi connectivity index (χ1n) is 4.11. The van der Waals surface area contributed by atoms with Crippen molar-refractivity contribution in [2.24, 2.45) is 5.14 Å². The summed E-state index contributed by atoms with van der Waals surface area (Å²) in [6.45, 7) is 1.07. The first-order chi connectivity index (χ1) is 6.02. The molecule has 1 saturated carbocycles. The fourth-order valence-electron chi connectivity index (χ4n) is 1.05. The molecule has 0 unspecified atom stereocenters. The van der Waals surface area contributed by atoms with Crippen LogP contribution in [0.15, 0.2) is 0 Å². The fourth-order valence-corrected chi connectivity index (χ4v) is 1.97. The SMILES string of the molecule is COCCOCC1(S(N)(=O)=O)CC1. The number of hydrogen-bond donors (Lipinski definition) is 1. The van der Waals surface area contributed by atoms with Gasteiger partial charge in [-0.1, -0.05) is 0 Å². The van der Waals surface area contributed by atoms with E-state index in [0.717, 1.165) is 0 Å². The number of methoxy groups -OCH3 is 1. The molecule has 13 heavy (non-hydrogen) atoms. The van der Waals surface area contributed by atoms with Crippen LogP contribution in [0.25, 0.3) is 0 Å². The van der Waals surface area contributed by atoms with E-state index >= 15 is 0 Å². The molecule has 0 aromatic rings. The summed E-state index contributed by atoms with van der Waals surface area (Å²) in [6, 6.07) is 0. The molecule has 5 nitrogen and oxygen atoms in total. The summed E-state index contributed by atoms with van der Waals surface area (Å²) in [5.74, 6) is 0. The number of hydrogen-bond acceptors (Lipinski definition) is 4. The second-order valence-electron chi connectivity index (χ2n) is 3.27. The number of nitrogens with two attached hydrogens (primary N) is 1. The van der Waals surface area contributed by atoms with Gasteiger partial charge >= 0.3 is 0 Å². The molecule has 2 N–H and O–H groups in total. The largest absolute Gasteiger partial charge is 0.382 e. The van der Waals surface area contributed by atoms with E-state index in [-0.39, 0.29) is 6.61 Å². The normalized spacial score (nSPS) is 20.2. The predicted octanol–water partition coefficient (Wildman–Crippen LogP) is -0.529. The number of primary sulfonamides is 1. The van der Waals surface area contributed by atoms with Gasteiger partial charge in [0, 0.05) is 7.11 Å². The van der Waals surface area contributed by atoms with Crippen LogP contribution >= 0.6 is 0 Å². The highest BCUT2D eigenvalue weighted by Gasteiger charge is 2.53. The molecule has 0 heterocycles. The topological polar surface area (TPSA) is 78.6 Å². The van der Waals surface area contributed by atoms with Gasteiger partial charge < -0.3 is 9.47 Å². The van der Waals surface area contributed by atoms with Gasteiger partial charge in [0.2, 0.25) is 10.0 Å². The van der Waals surface area contributed by atoms with Crippen LogP contribution in [0.4, 0.5) is 0 Å². The molecule has 6 heteroatoms. The van der Waals surface area contributed by atoms with E-state index in [1.54, 1.807) is 7.11 Å². The lowest BCUT2D eigenvalue weighted by Crippen LogP contribution is -2.35. The minimum atomic E-state index is -3.44. The Balaban J connectivity index is 2.29. The zero-order chi connectivity index (χ0) is 9.95. The van der Waals surface area contributed by atoms with Crippen molar-refractivity contribution in [3.05, 3.63) is 0 Å². The Kier molecular flexibility index (Phi) is 3.28. The van der Waals surface area contributed by atoms with Crippen LogP contribution in [0, 0.1) is 0 Å². The summed E-state index contributed by atoms with van der Waals surface area (Å²) in [4.78, 5) is 0. The third-order valence-electron chi connectivity index (χ3n) is 2.21. The number of ether oxygens (including phenoxy) is 2. The molecule has 0 spiro atoms. The average molecular weight is 209 g/mol. The molecule has 1 rings (SSSR count). The van der Waals surface area contributed by atoms with Crippen molar-refractivity contribution in [3.63, 3.8) is 0 Å². The second kappa shape index (κ2) is 3.91. The molecule has 1 fully saturated rings. The van der Waals surface area contributed by atoms with Gasteiger partial charge in [0.1, 0.15) is 4.75 Å². The molecule has 0 saturated heterocycles. The van der Waals surface area contributed by atoms with E-state index < -0.39 is 14.8 Å². The van der Waals surface area contributed by atoms with Gasteiger partial charge in [-0.15, -0.1) is 0 Å². The predicted molar refractivity (Wildman–Crippen MR) is 47.8 cm³/mol. The average Bonchev–Trinajstić information content (AvgIpc) is 2.77. The Labute approximate surface area is 78.3 Å². The van der Waals surface area contributed by atoms with Crippen molar-refractivity contribution < 1.29 is 17.9 Å². The summed E-state index contributed by atoms with van der Waals surface area (Å²) >= 11 is 0. The molecule has 78 valence electrons. The lowest BCUT2D eigenvalue weighted by molar-refractivity contribution is 0.0682. The minimum Gasteiger partial charge on any atom is -0.382 e. The van der Waals surface area contributed by atoms with Crippen LogP contribution in [-0.2, 0) is 19.5 Å². The Morgan fingerprint density at radius 1 is 1.38 bits per heavy atom. The molecule has 0 aromatic heterocycles. The van der Waals surface area contributed by atoms with Crippen LogP contribution in [0.5, 0.6) is 0 Å². The van der Waals surface area contributed by atoms with Crippen molar-refractivity contribution in [2.45, 2.75) is 17.6 Å². The van der Waals surface area contributed by atoms with Gasteiger partial charge in [0.05, 0.1) is 19.8 Å². The second-order valence-corrected chi connectivity index (χ2v) is 5.23. The molecule has 0 amide bonds. The van der Waals surface area contributed by atoms with Crippen LogP contribution in [-0.4, -0.2) is 40.1 Å². The summed E-state index contributed by atoms with van der Waals surface area (Å²) in [7, 11) is -1.88. The first-order valence-corrected chi connectivity index (χ1v) is 5.65. The highest BCUT2D eigenvalue weighted by atomic mass is 32.2. The van der Waals surface area contributed by atoms with Crippen LogP contribution < -0.4 is 5.14 Å². The Hall–Kier alpha value is -0.170. The quantitative estimate of drug-likeness (QED) is 0.596. The molecular formula is C7H15NO4S. The molecule has 0 aromatic carbocycles. The van der Waals surface area contributed by atoms with Gasteiger partial charge in [0.25, 0.3) is 0 Å². The Morgan fingerprint density at radius 2 is 2.00 bits per heavy atom. The lowest BCUT2D eigenvalue weighted by Gasteiger charge is -2.12. The summed E-state index contributed by atoms with van der Waals surface area (Å²) in [5, 5.41) is 5.05. The summed E-state index contributed by atoms with van der Waals surface area (Å²) < 4.78 is 31.2. The van der Waals surface area contributed by atoms with Gasteiger partial charge in [-0.25, -0.2) is 13.6 Å². The molecule has 0 aliphatic heterocycles. The lowest BCUT2D eigenvalue weighted by atomic mass is 10.4. The third kappa shape index (κ3) is 2.63. The van der Waals surface area contributed by atoms with E-state index in [0.29, 0.717) is 26.1 Å². The Morgan fingerprint density at radius 3 is 2.38 bits per heavy atom. The summed E-state index contributed by atoms with van der Waals surface area (Å²) in [6.07, 6.45) is 1.22. The van der Waals surface area contributed by atoms with Crippen molar-refractivity contribution in [3.8, 4) is 0 Å². The zero-order valence-corrected chi connectivity index (χ0v) is 8.47. The summed E-state index contributed by atoms with van der Waals surface area (Å²) in [5.41, 5.74) is 0. The minimum absolute atomic E-state index is 0.190. The van der Waals surface area contributed by atoms with Gasteiger partial charge in [-0.05, 0) is 12.8 Å². The number of sulfonamides is 1. The maximum atomic E-state index is 11.0. The smallest absolute Gasteiger partial charge is 0.217 e. The molecule has 1 aliphatic carbocycles. The highest BCUT2D eigenvalue weighted by molar-refractivity contribution is 7.90. The molecule has 0 atom stereocenters. The standard InChI is InChI=1S/C7H15NO4S/c1-11-4-5-12-6-7(2-3-7)13(8,9)10/h2-6H2,1H3,(H2,8,9,10). The van der Waals surface area contributed by atoms with Crippen molar-refractivity contribution in [1.82, 2.24) is 0 Å². The number of rotatable bonds is 6. The maximum absolute atomic E-state index is 11.0. The fraction of sp³-hybridized carbons (Fsp3) is 1.00. The van der Waals surface area contributed by atoms with Gasteiger partial charge in [0.15, 0.2) is 0 Å². The van der Waals surface area contributed by atoms with E-state index in [9.17, 15) is 8.42 Å².